The molecule has 1 N–H and O–H groups in total. The Morgan fingerprint density at radius 3 is 2.29 bits per heavy atom. The molecule has 2 unspecified atom stereocenters. The maximum Gasteiger partial charge on any atom is 0.185 e. The maximum absolute atomic E-state index is 14.0. The van der Waals surface area contributed by atoms with Crippen molar-refractivity contribution in [3.05, 3.63) is 53.5 Å². The summed E-state index contributed by atoms with van der Waals surface area (Å²) in [7, 11) is 0. The first-order valence-electron chi connectivity index (χ1n) is 9.21. The predicted molar refractivity (Wildman–Crippen MR) is 102 cm³/mol. The molecule has 0 aliphatic carbocycles. The minimum atomic E-state index is -0.931. The summed E-state index contributed by atoms with van der Waals surface area (Å²) in [6.07, 6.45) is 4.52. The molecule has 6 nitrogen and oxygen atoms in total. The molecule has 0 aliphatic heterocycles. The van der Waals surface area contributed by atoms with E-state index in [1.807, 2.05) is 13.8 Å². The molecule has 28 heavy (non-hydrogen) atoms. The van der Waals surface area contributed by atoms with Crippen molar-refractivity contribution in [1.29, 1.82) is 0 Å². The number of aromatic nitrogens is 6. The highest BCUT2D eigenvalue weighted by Crippen LogP contribution is 2.32. The summed E-state index contributed by atoms with van der Waals surface area (Å²) in [4.78, 5) is 17.0. The highest BCUT2D eigenvalue weighted by molar-refractivity contribution is 5.82. The molecule has 0 bridgehead atoms. The van der Waals surface area contributed by atoms with Gasteiger partial charge in [0.1, 0.15) is 29.2 Å². The van der Waals surface area contributed by atoms with Gasteiger partial charge in [-0.05, 0) is 37.8 Å². The molecule has 0 saturated carbocycles. The van der Waals surface area contributed by atoms with E-state index in [-0.39, 0.29) is 17.4 Å². The lowest BCUT2D eigenvalue weighted by atomic mass is 9.91. The second-order valence-electron chi connectivity index (χ2n) is 7.19. The van der Waals surface area contributed by atoms with Gasteiger partial charge in [0, 0.05) is 11.3 Å². The molecule has 2 atom stereocenters. The average molecular weight is 382 g/mol. The van der Waals surface area contributed by atoms with Crippen molar-refractivity contribution >= 4 is 21.9 Å². The molecule has 0 fully saturated rings. The minimum Gasteiger partial charge on any atom is -0.274 e. The number of hydrogen-bond donors (Lipinski definition) is 1. The van der Waals surface area contributed by atoms with Crippen LogP contribution in [0.1, 0.15) is 55.6 Å². The van der Waals surface area contributed by atoms with Gasteiger partial charge in [-0.3, -0.25) is 5.10 Å². The maximum atomic E-state index is 14.0. The van der Waals surface area contributed by atoms with Crippen molar-refractivity contribution in [3.8, 4) is 0 Å². The van der Waals surface area contributed by atoms with Crippen molar-refractivity contribution < 1.29 is 8.78 Å². The van der Waals surface area contributed by atoms with Gasteiger partial charge in [0.05, 0.1) is 17.1 Å². The van der Waals surface area contributed by atoms with Crippen LogP contribution in [-0.2, 0) is 0 Å². The Morgan fingerprint density at radius 1 is 0.893 bits per heavy atom. The molecule has 0 amide bonds. The van der Waals surface area contributed by atoms with Crippen molar-refractivity contribution in [2.75, 3.05) is 0 Å². The van der Waals surface area contributed by atoms with Crippen LogP contribution in [0.5, 0.6) is 0 Å². The van der Waals surface area contributed by atoms with E-state index in [9.17, 15) is 8.78 Å². The van der Waals surface area contributed by atoms with Crippen LogP contribution in [0.25, 0.3) is 21.9 Å². The van der Waals surface area contributed by atoms with E-state index in [1.54, 1.807) is 12.4 Å². The van der Waals surface area contributed by atoms with Crippen LogP contribution in [0.2, 0.25) is 0 Å². The van der Waals surface area contributed by atoms with Crippen molar-refractivity contribution in [3.63, 3.8) is 0 Å². The number of rotatable bonds is 5. The standard InChI is InChI=1S/C20H20F2N6/c1-10(16-13-6-7-14(21)15(22)19(13)26-8-23-16)4-5-11(2)17-20-18(25-9-24-17)12(3)27-28-20/h6-11H,4-5H2,1-3H3,(H,27,28). The van der Waals surface area contributed by atoms with E-state index < -0.39 is 11.6 Å². The van der Waals surface area contributed by atoms with Gasteiger partial charge in [0.25, 0.3) is 0 Å². The second kappa shape index (κ2) is 7.18. The van der Waals surface area contributed by atoms with Crippen molar-refractivity contribution in [2.24, 2.45) is 0 Å². The molecule has 3 heterocycles. The van der Waals surface area contributed by atoms with Crippen LogP contribution in [0.4, 0.5) is 8.78 Å². The van der Waals surface area contributed by atoms with Gasteiger partial charge in [0.15, 0.2) is 11.6 Å². The second-order valence-corrected chi connectivity index (χ2v) is 7.19. The first-order chi connectivity index (χ1) is 13.5. The zero-order valence-corrected chi connectivity index (χ0v) is 15.9. The third kappa shape index (κ3) is 3.08. The molecule has 4 aromatic rings. The molecule has 8 heteroatoms. The Balaban J connectivity index is 1.57. The topological polar surface area (TPSA) is 80.2 Å². The summed E-state index contributed by atoms with van der Waals surface area (Å²) >= 11 is 0. The number of nitrogens with one attached hydrogen (secondary N) is 1. The number of fused-ring (bicyclic) bond motifs is 2. The fourth-order valence-corrected chi connectivity index (χ4v) is 3.61. The highest BCUT2D eigenvalue weighted by Gasteiger charge is 2.19. The van der Waals surface area contributed by atoms with E-state index in [0.717, 1.165) is 47.0 Å². The van der Waals surface area contributed by atoms with Gasteiger partial charge < -0.3 is 0 Å². The Bertz CT molecular complexity index is 1160. The Labute approximate surface area is 160 Å². The lowest BCUT2D eigenvalue weighted by Crippen LogP contribution is -2.05. The van der Waals surface area contributed by atoms with E-state index in [2.05, 4.69) is 37.1 Å². The molecule has 4 rings (SSSR count). The number of nitrogens with zero attached hydrogens (tertiary/aromatic N) is 5. The fraction of sp³-hybridized carbons (Fsp3) is 0.350. The van der Waals surface area contributed by atoms with Crippen LogP contribution >= 0.6 is 0 Å². The molecule has 0 aliphatic rings. The molecule has 1 aromatic carbocycles. The van der Waals surface area contributed by atoms with E-state index in [1.165, 1.54) is 6.33 Å². The van der Waals surface area contributed by atoms with Gasteiger partial charge in [0.2, 0.25) is 0 Å². The molecular weight excluding hydrogens is 362 g/mol. The summed E-state index contributed by atoms with van der Waals surface area (Å²) in [5, 5.41) is 7.79. The smallest absolute Gasteiger partial charge is 0.185 e. The molecular formula is C20H20F2N6. The number of aryl methyl sites for hydroxylation is 1. The molecule has 0 spiro atoms. The summed E-state index contributed by atoms with van der Waals surface area (Å²) in [5.41, 5.74) is 4.23. The third-order valence-electron chi connectivity index (χ3n) is 5.25. The van der Waals surface area contributed by atoms with E-state index >= 15 is 0 Å². The number of H-pyrrole nitrogens is 1. The SMILES string of the molecule is Cc1n[nH]c2c(C(C)CCC(C)c3ncnc4c(F)c(F)ccc34)ncnc12. The lowest BCUT2D eigenvalue weighted by molar-refractivity contribution is 0.514. The van der Waals surface area contributed by atoms with Crippen LogP contribution in [0.15, 0.2) is 24.8 Å². The third-order valence-corrected chi connectivity index (χ3v) is 5.25. The van der Waals surface area contributed by atoms with Gasteiger partial charge in [-0.15, -0.1) is 0 Å². The number of halogens is 2. The monoisotopic (exact) mass is 382 g/mol. The van der Waals surface area contributed by atoms with Crippen LogP contribution in [0, 0.1) is 18.6 Å². The molecule has 144 valence electrons. The quantitative estimate of drug-likeness (QED) is 0.547. The van der Waals surface area contributed by atoms with Crippen LogP contribution < -0.4 is 0 Å². The van der Waals surface area contributed by atoms with Crippen LogP contribution in [0.3, 0.4) is 0 Å². The minimum absolute atomic E-state index is 0.0235. The Hall–Kier alpha value is -3.03. The van der Waals surface area contributed by atoms with Gasteiger partial charge in [-0.25, -0.2) is 28.7 Å². The number of aromatic amines is 1. The zero-order valence-electron chi connectivity index (χ0n) is 15.9. The Morgan fingerprint density at radius 2 is 1.54 bits per heavy atom. The summed E-state index contributed by atoms with van der Waals surface area (Å²) in [6.45, 7) is 6.05. The fourth-order valence-electron chi connectivity index (χ4n) is 3.61. The normalized spacial score (nSPS) is 13.9. The first-order valence-corrected chi connectivity index (χ1v) is 9.21. The van der Waals surface area contributed by atoms with Gasteiger partial charge >= 0.3 is 0 Å². The summed E-state index contributed by atoms with van der Waals surface area (Å²) in [6, 6.07) is 2.67. The number of hydrogen-bond acceptors (Lipinski definition) is 5. The Kier molecular flexibility index (Phi) is 4.70. The predicted octanol–water partition coefficient (Wildman–Crippen LogP) is 4.57. The molecule has 0 radical (unpaired) electrons. The van der Waals surface area contributed by atoms with Gasteiger partial charge in [-0.1, -0.05) is 13.8 Å². The molecule has 0 saturated heterocycles. The first kappa shape index (κ1) is 18.3. The van der Waals surface area contributed by atoms with Crippen molar-refractivity contribution in [2.45, 2.75) is 45.4 Å². The zero-order chi connectivity index (χ0) is 19.8. The lowest BCUT2D eigenvalue weighted by Gasteiger charge is -2.16. The van der Waals surface area contributed by atoms with Crippen LogP contribution in [-0.4, -0.2) is 30.1 Å². The molecule has 3 aromatic heterocycles. The number of benzene rings is 1. The summed E-state index contributed by atoms with van der Waals surface area (Å²) < 4.78 is 27.5. The van der Waals surface area contributed by atoms with Gasteiger partial charge in [-0.2, -0.15) is 5.10 Å². The largest absolute Gasteiger partial charge is 0.274 e. The highest BCUT2D eigenvalue weighted by atomic mass is 19.2. The average Bonchev–Trinajstić information content (AvgIpc) is 3.09. The van der Waals surface area contributed by atoms with E-state index in [4.69, 9.17) is 0 Å². The van der Waals surface area contributed by atoms with Crippen molar-refractivity contribution in [1.82, 2.24) is 30.1 Å². The van der Waals surface area contributed by atoms with E-state index in [0.29, 0.717) is 5.39 Å². The summed E-state index contributed by atoms with van der Waals surface area (Å²) in [5.74, 6) is -1.60.